The molecule has 2 aromatic carbocycles. The molecule has 8 rings (SSSR count). The van der Waals surface area contributed by atoms with Gasteiger partial charge in [0, 0.05) is 80.5 Å². The number of alkyl halides is 2. The quantitative estimate of drug-likeness (QED) is 0.150. The van der Waals surface area contributed by atoms with Gasteiger partial charge >= 0.3 is 6.01 Å². The van der Waals surface area contributed by atoms with Crippen molar-refractivity contribution >= 4 is 45.0 Å². The number of carbonyl (C=O) groups is 1. The molecule has 0 aliphatic carbocycles. The van der Waals surface area contributed by atoms with E-state index in [9.17, 15) is 13.6 Å². The van der Waals surface area contributed by atoms with Crippen LogP contribution in [-0.2, 0) is 4.79 Å². The van der Waals surface area contributed by atoms with Crippen molar-refractivity contribution in [2.75, 3.05) is 70.4 Å². The number of hydrogen-bond acceptors (Lipinski definition) is 8. The standard InChI is InChI=1S/C39H40ClF3N8O2/c1-44-19-28-23-49(16-17-51(28)32(52)10-4-13-48-15-11-26(41)21-48)37-30-20-45-35(29-8-2-6-25-7-3-9-31(40)33(25)29)34(43)36(30)46-38(47-37)53-24-39-12-5-14-50(39)22-27(42)18-39/h2-4,6-10,20,26-28H,5,11-19,21-24H2/b10-4+/t26-,27+,28-,39-/m0/s1. The largest absolute Gasteiger partial charge is 0.461 e. The molecule has 0 unspecified atom stereocenters. The van der Waals surface area contributed by atoms with Gasteiger partial charge in [0.2, 0.25) is 12.5 Å². The zero-order chi connectivity index (χ0) is 36.7. The lowest BCUT2D eigenvalue weighted by Gasteiger charge is -2.39. The van der Waals surface area contributed by atoms with Gasteiger partial charge in [-0.3, -0.25) is 19.6 Å². The van der Waals surface area contributed by atoms with E-state index in [2.05, 4.69) is 19.7 Å². The Labute approximate surface area is 311 Å². The van der Waals surface area contributed by atoms with Crippen LogP contribution in [0, 0.1) is 12.4 Å². The molecule has 0 saturated carbocycles. The van der Waals surface area contributed by atoms with E-state index in [4.69, 9.17) is 27.9 Å². The molecule has 2 aromatic heterocycles. The number of benzene rings is 2. The number of nitrogens with zero attached hydrogens (tertiary/aromatic N) is 8. The van der Waals surface area contributed by atoms with Crippen LogP contribution in [0.5, 0.6) is 6.01 Å². The second-order valence-corrected chi connectivity index (χ2v) is 14.9. The summed E-state index contributed by atoms with van der Waals surface area (Å²) in [5.41, 5.74) is 0.132. The Hall–Kier alpha value is -4.51. The van der Waals surface area contributed by atoms with Gasteiger partial charge in [0.25, 0.3) is 0 Å². The molecule has 4 fully saturated rings. The minimum Gasteiger partial charge on any atom is -0.461 e. The number of carbonyl (C=O) groups excluding carboxylic acids is 1. The van der Waals surface area contributed by atoms with Crippen LogP contribution in [0.2, 0.25) is 5.02 Å². The first-order valence-electron chi connectivity index (χ1n) is 18.2. The molecule has 4 aromatic rings. The second kappa shape index (κ2) is 14.7. The Bertz CT molecular complexity index is 2110. The van der Waals surface area contributed by atoms with E-state index < -0.39 is 29.7 Å². The third kappa shape index (κ3) is 6.88. The molecule has 276 valence electrons. The fourth-order valence-electron chi connectivity index (χ4n) is 8.60. The topological polar surface area (TPSA) is 82.3 Å². The minimum absolute atomic E-state index is 0.00947. The fraction of sp³-hybridized carbons (Fsp3) is 0.462. The van der Waals surface area contributed by atoms with Crippen LogP contribution < -0.4 is 9.64 Å². The lowest BCUT2D eigenvalue weighted by atomic mass is 9.95. The van der Waals surface area contributed by atoms with Crippen LogP contribution in [0.3, 0.4) is 0 Å². The lowest BCUT2D eigenvalue weighted by Crippen LogP contribution is -2.56. The maximum atomic E-state index is 16.9. The Morgan fingerprint density at radius 3 is 2.74 bits per heavy atom. The van der Waals surface area contributed by atoms with Gasteiger partial charge < -0.3 is 19.4 Å². The summed E-state index contributed by atoms with van der Waals surface area (Å²) in [5.74, 6) is -0.510. The monoisotopic (exact) mass is 744 g/mol. The highest BCUT2D eigenvalue weighted by atomic mass is 35.5. The molecule has 4 aliphatic rings. The molecule has 4 saturated heterocycles. The molecule has 10 nitrogen and oxygen atoms in total. The van der Waals surface area contributed by atoms with E-state index in [1.165, 1.54) is 6.08 Å². The highest BCUT2D eigenvalue weighted by Gasteiger charge is 2.49. The number of amides is 1. The summed E-state index contributed by atoms with van der Waals surface area (Å²) in [6, 6.07) is 10.5. The van der Waals surface area contributed by atoms with Crippen molar-refractivity contribution in [2.24, 2.45) is 0 Å². The van der Waals surface area contributed by atoms with Crippen molar-refractivity contribution in [2.45, 2.75) is 49.6 Å². The number of piperazine rings is 1. The summed E-state index contributed by atoms with van der Waals surface area (Å²) in [6.45, 7) is 11.4. The normalized spacial score (nSPS) is 25.2. The molecule has 53 heavy (non-hydrogen) atoms. The first-order valence-corrected chi connectivity index (χ1v) is 18.6. The summed E-state index contributed by atoms with van der Waals surface area (Å²) in [7, 11) is 0. The van der Waals surface area contributed by atoms with Gasteiger partial charge in [-0.2, -0.15) is 9.97 Å². The van der Waals surface area contributed by atoms with Crippen molar-refractivity contribution in [3.8, 4) is 17.3 Å². The third-order valence-electron chi connectivity index (χ3n) is 11.2. The smallest absolute Gasteiger partial charge is 0.319 e. The molecule has 0 bridgehead atoms. The molecule has 6 heterocycles. The average molecular weight is 745 g/mol. The minimum atomic E-state index is -0.943. The first kappa shape index (κ1) is 35.5. The number of rotatable bonds is 9. The molecular weight excluding hydrogens is 705 g/mol. The molecule has 14 heteroatoms. The van der Waals surface area contributed by atoms with Crippen molar-refractivity contribution in [1.82, 2.24) is 29.7 Å². The highest BCUT2D eigenvalue weighted by Crippen LogP contribution is 2.41. The van der Waals surface area contributed by atoms with Crippen molar-refractivity contribution in [3.05, 3.63) is 77.0 Å². The van der Waals surface area contributed by atoms with Gasteiger partial charge in [-0.1, -0.05) is 48.0 Å². The van der Waals surface area contributed by atoms with Crippen molar-refractivity contribution in [1.29, 1.82) is 0 Å². The Balaban J connectivity index is 1.13. The molecular formula is C39H40ClF3N8O2. The van der Waals surface area contributed by atoms with Gasteiger partial charge in [0.15, 0.2) is 5.82 Å². The maximum Gasteiger partial charge on any atom is 0.319 e. The van der Waals surface area contributed by atoms with Crippen molar-refractivity contribution in [3.63, 3.8) is 0 Å². The molecule has 1 amide bonds. The maximum absolute atomic E-state index is 16.9. The van der Waals surface area contributed by atoms with Gasteiger partial charge in [-0.15, -0.1) is 0 Å². The Kier molecular flexibility index (Phi) is 9.87. The SMILES string of the molecule is [C-]#[N+]C[C@H]1CN(c2nc(OC[C@@]34CCCN3C[C@H](F)C4)nc3c(F)c(-c4cccc5cccc(Cl)c45)ncc23)CCN1C(=O)/C=C/CN1CC[C@H](F)C1. The number of likely N-dealkylation sites (tertiary alicyclic amines) is 1. The predicted octanol–water partition coefficient (Wildman–Crippen LogP) is 6.13. The number of halogens is 4. The predicted molar refractivity (Wildman–Crippen MR) is 198 cm³/mol. The molecule has 0 N–H and O–H groups in total. The summed E-state index contributed by atoms with van der Waals surface area (Å²) >= 11 is 6.63. The second-order valence-electron chi connectivity index (χ2n) is 14.5. The van der Waals surface area contributed by atoms with E-state index in [1.54, 1.807) is 29.3 Å². The van der Waals surface area contributed by atoms with Gasteiger partial charge in [-0.25, -0.2) is 19.7 Å². The third-order valence-corrected chi connectivity index (χ3v) is 11.5. The first-order chi connectivity index (χ1) is 25.7. The zero-order valence-electron chi connectivity index (χ0n) is 29.2. The Morgan fingerprint density at radius 2 is 1.92 bits per heavy atom. The highest BCUT2D eigenvalue weighted by molar-refractivity contribution is 6.36. The fourth-order valence-corrected chi connectivity index (χ4v) is 8.89. The Morgan fingerprint density at radius 1 is 1.08 bits per heavy atom. The van der Waals surface area contributed by atoms with E-state index in [0.717, 1.165) is 24.8 Å². The number of anilines is 1. The molecule has 0 radical (unpaired) electrons. The van der Waals surface area contributed by atoms with E-state index in [1.807, 2.05) is 34.1 Å². The van der Waals surface area contributed by atoms with Gasteiger partial charge in [-0.05, 0) is 37.3 Å². The number of hydrogen-bond donors (Lipinski definition) is 0. The van der Waals surface area contributed by atoms with E-state index in [-0.39, 0.29) is 42.8 Å². The van der Waals surface area contributed by atoms with Crippen LogP contribution >= 0.6 is 11.6 Å². The summed E-state index contributed by atoms with van der Waals surface area (Å²) in [4.78, 5) is 38.7. The van der Waals surface area contributed by atoms with E-state index >= 15 is 4.39 Å². The zero-order valence-corrected chi connectivity index (χ0v) is 30.0. The molecule has 4 atom stereocenters. The number of ether oxygens (including phenoxy) is 1. The van der Waals surface area contributed by atoms with E-state index in [0.29, 0.717) is 79.3 Å². The summed E-state index contributed by atoms with van der Waals surface area (Å²) in [6.07, 6.45) is 5.60. The molecule has 0 spiro atoms. The van der Waals surface area contributed by atoms with Crippen molar-refractivity contribution < 1.29 is 22.7 Å². The number of pyridine rings is 1. The molecule has 4 aliphatic heterocycles. The van der Waals surface area contributed by atoms with Crippen LogP contribution in [-0.4, -0.2) is 125 Å². The van der Waals surface area contributed by atoms with Gasteiger partial charge in [0.05, 0.1) is 10.9 Å². The average Bonchev–Trinajstić information content (AvgIpc) is 3.84. The lowest BCUT2D eigenvalue weighted by molar-refractivity contribution is -0.128. The van der Waals surface area contributed by atoms with Crippen LogP contribution in [0.1, 0.15) is 25.7 Å². The number of fused-ring (bicyclic) bond motifs is 3. The summed E-state index contributed by atoms with van der Waals surface area (Å²) < 4.78 is 51.4. The van der Waals surface area contributed by atoms with Crippen LogP contribution in [0.25, 0.3) is 37.8 Å². The van der Waals surface area contributed by atoms with Gasteiger partial charge in [0.1, 0.15) is 42.0 Å². The number of aromatic nitrogens is 3. The van der Waals surface area contributed by atoms with Crippen LogP contribution in [0.15, 0.2) is 54.7 Å². The summed E-state index contributed by atoms with van der Waals surface area (Å²) in [5, 5.41) is 2.32. The van der Waals surface area contributed by atoms with Crippen LogP contribution in [0.4, 0.5) is 19.0 Å².